The molecular weight excluding hydrogens is 382 g/mol. The van der Waals surface area contributed by atoms with Gasteiger partial charge < -0.3 is 14.4 Å². The van der Waals surface area contributed by atoms with Gasteiger partial charge in [0, 0.05) is 38.3 Å². The summed E-state index contributed by atoms with van der Waals surface area (Å²) in [5.74, 6) is 1.86. The Hall–Kier alpha value is -2.77. The van der Waals surface area contributed by atoms with Crippen LogP contribution in [0.5, 0.6) is 0 Å². The first-order chi connectivity index (χ1) is 14.3. The number of benzene rings is 2. The van der Waals surface area contributed by atoms with Gasteiger partial charge in [-0.15, -0.1) is 0 Å². The molecule has 29 heavy (non-hydrogen) atoms. The van der Waals surface area contributed by atoms with E-state index in [0.29, 0.717) is 22.4 Å². The van der Waals surface area contributed by atoms with E-state index in [1.54, 1.807) is 0 Å². The van der Waals surface area contributed by atoms with Crippen LogP contribution in [-0.2, 0) is 17.6 Å². The summed E-state index contributed by atoms with van der Waals surface area (Å²) >= 11 is -1.07. The molecule has 0 aliphatic carbocycles. The van der Waals surface area contributed by atoms with Crippen molar-refractivity contribution in [3.05, 3.63) is 66.4 Å². The largest absolute Gasteiger partial charge is 0.611 e. The van der Waals surface area contributed by atoms with Crippen molar-refractivity contribution in [1.82, 2.24) is 15.3 Å². The maximum atomic E-state index is 12.5. The predicted octanol–water partition coefficient (Wildman–Crippen LogP) is 3.03. The molecule has 0 bridgehead atoms. The van der Waals surface area contributed by atoms with Gasteiger partial charge in [-0.25, -0.2) is 10.3 Å². The fourth-order valence-electron chi connectivity index (χ4n) is 3.81. The zero-order chi connectivity index (χ0) is 19.6. The van der Waals surface area contributed by atoms with Crippen molar-refractivity contribution in [2.75, 3.05) is 41.7 Å². The average molecular weight is 405 g/mol. The summed E-state index contributed by atoms with van der Waals surface area (Å²) in [6.45, 7) is 3.53. The molecule has 1 aromatic heterocycles. The Kier molecular flexibility index (Phi) is 4.99. The molecule has 1 fully saturated rings. The van der Waals surface area contributed by atoms with Crippen LogP contribution in [0.1, 0.15) is 5.69 Å². The maximum absolute atomic E-state index is 12.5. The maximum Gasteiger partial charge on any atom is 0.228 e. The van der Waals surface area contributed by atoms with Crippen LogP contribution < -0.4 is 15.1 Å². The Bertz CT molecular complexity index is 977. The Morgan fingerprint density at radius 3 is 2.21 bits per heavy atom. The molecule has 7 heteroatoms. The highest BCUT2D eigenvalue weighted by Gasteiger charge is 2.33. The number of fused-ring (bicyclic) bond motifs is 1. The summed E-state index contributed by atoms with van der Waals surface area (Å²) in [6.07, 6.45) is 0.721. The number of rotatable bonds is 4. The highest BCUT2D eigenvalue weighted by Crippen LogP contribution is 2.34. The number of hydrogen-bond donors (Lipinski definition) is 0. The third-order valence-electron chi connectivity index (χ3n) is 5.33. The van der Waals surface area contributed by atoms with Crippen LogP contribution in [-0.4, -0.2) is 46.5 Å². The van der Waals surface area contributed by atoms with Crippen molar-refractivity contribution in [3.8, 4) is 0 Å². The van der Waals surface area contributed by atoms with E-state index >= 15 is 0 Å². The lowest BCUT2D eigenvalue weighted by molar-refractivity contribution is 0.598. The highest BCUT2D eigenvalue weighted by molar-refractivity contribution is 7.91. The summed E-state index contributed by atoms with van der Waals surface area (Å²) in [7, 11) is 0. The lowest BCUT2D eigenvalue weighted by Gasteiger charge is -2.36. The Morgan fingerprint density at radius 1 is 0.828 bits per heavy atom. The molecule has 0 spiro atoms. The van der Waals surface area contributed by atoms with E-state index in [0.717, 1.165) is 44.0 Å². The van der Waals surface area contributed by atoms with Crippen molar-refractivity contribution in [2.45, 2.75) is 11.3 Å². The van der Waals surface area contributed by atoms with Crippen LogP contribution in [0.15, 0.2) is 65.6 Å². The summed E-state index contributed by atoms with van der Waals surface area (Å²) in [5.41, 5.74) is 2.95. The summed E-state index contributed by atoms with van der Waals surface area (Å²) in [6, 6.07) is 20.2. The monoisotopic (exact) mass is 404 g/mol. The zero-order valence-electron chi connectivity index (χ0n) is 16.1. The van der Waals surface area contributed by atoms with Gasteiger partial charge in [-0.3, -0.25) is 0 Å². The number of para-hydroxylation sites is 2. The number of aryl methyl sites for hydroxylation is 1. The van der Waals surface area contributed by atoms with Gasteiger partial charge >= 0.3 is 0 Å². The minimum atomic E-state index is -1.07. The molecule has 1 atom stereocenters. The lowest BCUT2D eigenvalue weighted by Crippen LogP contribution is -2.47. The standard InChI is InChI=1S/C22H22N5OS/c28-29-16-11-19-20(29)21(23-17-7-3-1-4-8-17)25-22(24-19)27-14-12-26(13-15-27)18-9-5-2-6-10-18/h1-10H,11-16H2. The van der Waals surface area contributed by atoms with Crippen LogP contribution >= 0.6 is 0 Å². The van der Waals surface area contributed by atoms with Crippen LogP contribution in [0.2, 0.25) is 0 Å². The van der Waals surface area contributed by atoms with Gasteiger partial charge in [-0.2, -0.15) is 4.98 Å². The number of hydrogen-bond acceptors (Lipinski definition) is 5. The van der Waals surface area contributed by atoms with Gasteiger partial charge in [-0.1, -0.05) is 36.4 Å². The van der Waals surface area contributed by atoms with Crippen LogP contribution in [0.4, 0.5) is 23.1 Å². The minimum Gasteiger partial charge on any atom is -0.611 e. The zero-order valence-corrected chi connectivity index (χ0v) is 16.9. The van der Waals surface area contributed by atoms with Crippen LogP contribution in [0.3, 0.4) is 0 Å². The van der Waals surface area contributed by atoms with Crippen molar-refractivity contribution >= 4 is 34.3 Å². The quantitative estimate of drug-likeness (QED) is 0.625. The fourth-order valence-corrected chi connectivity index (χ4v) is 5.10. The number of aromatic nitrogens is 2. The molecule has 0 saturated carbocycles. The number of anilines is 2. The van der Waals surface area contributed by atoms with E-state index in [-0.39, 0.29) is 0 Å². The molecule has 0 amide bonds. The lowest BCUT2D eigenvalue weighted by atomic mass is 10.2. The molecule has 5 rings (SSSR count). The second-order valence-electron chi connectivity index (χ2n) is 7.18. The molecule has 2 aromatic carbocycles. The molecule has 2 aliphatic rings. The minimum absolute atomic E-state index is 0.553. The van der Waals surface area contributed by atoms with E-state index in [1.807, 2.05) is 36.4 Å². The molecule has 1 radical (unpaired) electrons. The molecule has 0 N–H and O–H groups in total. The molecule has 1 unspecified atom stereocenters. The first-order valence-corrected chi connectivity index (χ1v) is 11.2. The van der Waals surface area contributed by atoms with Crippen molar-refractivity contribution < 1.29 is 4.55 Å². The predicted molar refractivity (Wildman–Crippen MR) is 116 cm³/mol. The van der Waals surface area contributed by atoms with Gasteiger partial charge in [0.15, 0.2) is 0 Å². The molecule has 3 aromatic rings. The summed E-state index contributed by atoms with van der Waals surface area (Å²) in [4.78, 5) is 14.8. The van der Waals surface area contributed by atoms with Gasteiger partial charge in [-0.05, 0) is 35.4 Å². The highest BCUT2D eigenvalue weighted by atomic mass is 32.2. The van der Waals surface area contributed by atoms with E-state index in [9.17, 15) is 4.55 Å². The van der Waals surface area contributed by atoms with Crippen molar-refractivity contribution in [3.63, 3.8) is 0 Å². The first kappa shape index (κ1) is 18.3. The Morgan fingerprint density at radius 2 is 1.48 bits per heavy atom. The van der Waals surface area contributed by atoms with Crippen LogP contribution in [0.25, 0.3) is 0 Å². The van der Waals surface area contributed by atoms with Gasteiger partial charge in [0.2, 0.25) is 16.7 Å². The summed E-state index contributed by atoms with van der Waals surface area (Å²) < 4.78 is 12.5. The topological polar surface area (TPSA) is 69.4 Å². The van der Waals surface area contributed by atoms with Gasteiger partial charge in [0.1, 0.15) is 11.4 Å². The second-order valence-corrected chi connectivity index (χ2v) is 8.69. The van der Waals surface area contributed by atoms with E-state index in [2.05, 4.69) is 34.1 Å². The molecule has 3 heterocycles. The Labute approximate surface area is 173 Å². The molecule has 6 nitrogen and oxygen atoms in total. The third kappa shape index (κ3) is 3.75. The normalized spacial score (nSPS) is 18.6. The number of nitrogens with zero attached hydrogens (tertiary/aromatic N) is 5. The molecule has 1 saturated heterocycles. The molecule has 2 aliphatic heterocycles. The van der Waals surface area contributed by atoms with E-state index < -0.39 is 11.2 Å². The van der Waals surface area contributed by atoms with E-state index in [1.165, 1.54) is 5.69 Å². The van der Waals surface area contributed by atoms with Gasteiger partial charge in [0.05, 0.1) is 5.69 Å². The summed E-state index contributed by atoms with van der Waals surface area (Å²) in [5, 5.41) is 4.70. The molecular formula is C22H22N5OS. The fraction of sp³-hybridized carbons (Fsp3) is 0.273. The SMILES string of the molecule is [O-][S+]1CCc2nc(N3CCN(c4ccccc4)CC3)nc([N]c3ccccc3)c21. The third-order valence-corrected chi connectivity index (χ3v) is 6.78. The molecule has 147 valence electrons. The van der Waals surface area contributed by atoms with Crippen LogP contribution in [0, 0.1) is 0 Å². The first-order valence-electron chi connectivity index (χ1n) is 9.89. The smallest absolute Gasteiger partial charge is 0.228 e. The average Bonchev–Trinajstić information content (AvgIpc) is 3.16. The van der Waals surface area contributed by atoms with Crippen molar-refractivity contribution in [2.24, 2.45) is 0 Å². The van der Waals surface area contributed by atoms with Crippen molar-refractivity contribution in [1.29, 1.82) is 0 Å². The Balaban J connectivity index is 1.39. The van der Waals surface area contributed by atoms with Gasteiger partial charge in [0.25, 0.3) is 0 Å². The number of piperazine rings is 1. The van der Waals surface area contributed by atoms with E-state index in [4.69, 9.17) is 15.3 Å². The second kappa shape index (κ2) is 7.93.